The topological polar surface area (TPSA) is 44.1 Å². The second kappa shape index (κ2) is 4.82. The Bertz CT molecular complexity index is 532. The van der Waals surface area contributed by atoms with Crippen LogP contribution in [0.2, 0.25) is 0 Å². The molecule has 4 nitrogen and oxygen atoms in total. The fraction of sp³-hybridized carbons (Fsp3) is 0.231. The number of methoxy groups -OCH3 is 1. The Hall–Kier alpha value is -2.10. The van der Waals surface area contributed by atoms with Gasteiger partial charge in [-0.15, -0.1) is 0 Å². The number of nitrogens with zero attached hydrogens (tertiary/aromatic N) is 2. The molecule has 0 radical (unpaired) electrons. The summed E-state index contributed by atoms with van der Waals surface area (Å²) in [5.41, 5.74) is 2.51. The average Bonchev–Trinajstić information content (AvgIpc) is 2.86. The van der Waals surface area contributed by atoms with Crippen molar-refractivity contribution in [1.29, 1.82) is 0 Å². The van der Waals surface area contributed by atoms with E-state index in [0.29, 0.717) is 11.3 Å². The Kier molecular flexibility index (Phi) is 3.23. The number of carbonyl (C=O) groups is 1. The largest absolute Gasteiger partial charge is 0.496 e. The first-order chi connectivity index (χ1) is 8.30. The number of hydrogen-bond acceptors (Lipinski definition) is 3. The molecule has 1 aromatic carbocycles. The molecule has 0 fully saturated rings. The van der Waals surface area contributed by atoms with Crippen LogP contribution >= 0.6 is 0 Å². The molecule has 2 rings (SSSR count). The Balaban J connectivity index is 2.50. The highest BCUT2D eigenvalue weighted by Gasteiger charge is 2.08. The van der Waals surface area contributed by atoms with Gasteiger partial charge in [-0.25, -0.2) is 0 Å². The van der Waals surface area contributed by atoms with Crippen LogP contribution in [0.1, 0.15) is 17.3 Å². The molecule has 0 aliphatic carbocycles. The van der Waals surface area contributed by atoms with Crippen LogP contribution in [0.15, 0.2) is 30.5 Å². The van der Waals surface area contributed by atoms with Crippen molar-refractivity contribution in [3.8, 4) is 17.0 Å². The third kappa shape index (κ3) is 2.06. The molecule has 0 spiro atoms. The second-order valence-corrected chi connectivity index (χ2v) is 3.61. The van der Waals surface area contributed by atoms with Gasteiger partial charge in [-0.3, -0.25) is 9.48 Å². The van der Waals surface area contributed by atoms with E-state index in [1.807, 2.05) is 29.8 Å². The summed E-state index contributed by atoms with van der Waals surface area (Å²) in [6.07, 6.45) is 2.55. The van der Waals surface area contributed by atoms with Gasteiger partial charge in [0.2, 0.25) is 0 Å². The number of carbonyl (C=O) groups excluding carboxylic acids is 1. The maximum atomic E-state index is 11.0. The molecule has 0 saturated heterocycles. The van der Waals surface area contributed by atoms with E-state index in [-0.39, 0.29) is 0 Å². The molecule has 0 amide bonds. The van der Waals surface area contributed by atoms with Gasteiger partial charge in [0, 0.05) is 18.3 Å². The average molecular weight is 230 g/mol. The molecule has 0 N–H and O–H groups in total. The molecule has 88 valence electrons. The summed E-state index contributed by atoms with van der Waals surface area (Å²) < 4.78 is 7.00. The van der Waals surface area contributed by atoms with Gasteiger partial charge in [0.05, 0.1) is 18.4 Å². The first kappa shape index (κ1) is 11.4. The summed E-state index contributed by atoms with van der Waals surface area (Å²) in [4.78, 5) is 11.0. The highest BCUT2D eigenvalue weighted by atomic mass is 16.5. The zero-order valence-corrected chi connectivity index (χ0v) is 9.88. The van der Waals surface area contributed by atoms with Crippen LogP contribution in [0.25, 0.3) is 11.3 Å². The monoisotopic (exact) mass is 230 g/mol. The van der Waals surface area contributed by atoms with Crippen LogP contribution in [-0.2, 0) is 6.54 Å². The van der Waals surface area contributed by atoms with Crippen LogP contribution in [0.5, 0.6) is 5.75 Å². The van der Waals surface area contributed by atoms with Gasteiger partial charge >= 0.3 is 0 Å². The lowest BCUT2D eigenvalue weighted by molar-refractivity contribution is 0.112. The molecule has 0 bridgehead atoms. The van der Waals surface area contributed by atoms with Gasteiger partial charge in [0.1, 0.15) is 5.75 Å². The third-order valence-electron chi connectivity index (χ3n) is 2.67. The predicted molar refractivity (Wildman–Crippen MR) is 65.3 cm³/mol. The van der Waals surface area contributed by atoms with E-state index in [2.05, 4.69) is 5.10 Å². The van der Waals surface area contributed by atoms with Gasteiger partial charge in [-0.1, -0.05) is 0 Å². The van der Waals surface area contributed by atoms with Crippen molar-refractivity contribution in [2.24, 2.45) is 0 Å². The van der Waals surface area contributed by atoms with Gasteiger partial charge in [0.15, 0.2) is 6.29 Å². The summed E-state index contributed by atoms with van der Waals surface area (Å²) in [5, 5.41) is 4.21. The molecule has 0 unspecified atom stereocenters. The number of hydrogen-bond donors (Lipinski definition) is 0. The van der Waals surface area contributed by atoms with Gasteiger partial charge in [-0.2, -0.15) is 5.10 Å². The fourth-order valence-corrected chi connectivity index (χ4v) is 1.82. The summed E-state index contributed by atoms with van der Waals surface area (Å²) in [5.74, 6) is 0.589. The number of aldehydes is 1. The summed E-state index contributed by atoms with van der Waals surface area (Å²) >= 11 is 0. The quantitative estimate of drug-likeness (QED) is 0.757. The lowest BCUT2D eigenvalue weighted by Gasteiger charge is -2.08. The number of aryl methyl sites for hydroxylation is 1. The van der Waals surface area contributed by atoms with Crippen LogP contribution in [-0.4, -0.2) is 23.2 Å². The molecule has 0 saturated carbocycles. The highest BCUT2D eigenvalue weighted by Crippen LogP contribution is 2.25. The molecule has 0 aliphatic rings. The maximum Gasteiger partial charge on any atom is 0.153 e. The van der Waals surface area contributed by atoms with E-state index in [4.69, 9.17) is 4.74 Å². The minimum absolute atomic E-state index is 0.550. The zero-order valence-electron chi connectivity index (χ0n) is 9.88. The normalized spacial score (nSPS) is 10.2. The van der Waals surface area contributed by atoms with Crippen molar-refractivity contribution in [3.05, 3.63) is 36.0 Å². The number of rotatable bonds is 4. The number of benzene rings is 1. The van der Waals surface area contributed by atoms with Crippen molar-refractivity contribution < 1.29 is 9.53 Å². The first-order valence-corrected chi connectivity index (χ1v) is 5.45. The molecular formula is C13H14N2O2. The number of ether oxygens (including phenoxy) is 1. The van der Waals surface area contributed by atoms with E-state index in [0.717, 1.165) is 24.1 Å². The minimum atomic E-state index is 0.550. The summed E-state index contributed by atoms with van der Waals surface area (Å²) in [7, 11) is 1.55. The first-order valence-electron chi connectivity index (χ1n) is 5.45. The van der Waals surface area contributed by atoms with Crippen molar-refractivity contribution in [2.45, 2.75) is 13.5 Å². The second-order valence-electron chi connectivity index (χ2n) is 3.61. The Morgan fingerprint density at radius 2 is 2.24 bits per heavy atom. The van der Waals surface area contributed by atoms with Crippen LogP contribution in [0, 0.1) is 0 Å². The van der Waals surface area contributed by atoms with E-state index in [1.165, 1.54) is 0 Å². The van der Waals surface area contributed by atoms with Gasteiger partial charge in [-0.05, 0) is 31.2 Å². The molecular weight excluding hydrogens is 216 g/mol. The van der Waals surface area contributed by atoms with E-state index < -0.39 is 0 Å². The predicted octanol–water partition coefficient (Wildman–Crippen LogP) is 2.39. The molecule has 0 aliphatic heterocycles. The molecule has 2 aromatic rings. The van der Waals surface area contributed by atoms with E-state index in [1.54, 1.807) is 19.4 Å². The lowest BCUT2D eigenvalue weighted by Crippen LogP contribution is -1.99. The molecule has 17 heavy (non-hydrogen) atoms. The van der Waals surface area contributed by atoms with Gasteiger partial charge in [0.25, 0.3) is 0 Å². The Labute approximate surface area is 99.8 Å². The van der Waals surface area contributed by atoms with Crippen LogP contribution in [0.3, 0.4) is 0 Å². The van der Waals surface area contributed by atoms with E-state index >= 15 is 0 Å². The van der Waals surface area contributed by atoms with Crippen LogP contribution in [0.4, 0.5) is 0 Å². The van der Waals surface area contributed by atoms with E-state index in [9.17, 15) is 4.79 Å². The Morgan fingerprint density at radius 3 is 2.88 bits per heavy atom. The third-order valence-corrected chi connectivity index (χ3v) is 2.67. The standard InChI is InChI=1S/C13H14N2O2/c1-3-15-12(6-7-14-15)10-4-5-13(17-2)11(8-10)9-16/h4-9H,3H2,1-2H3. The zero-order chi connectivity index (χ0) is 12.3. The maximum absolute atomic E-state index is 11.0. The summed E-state index contributed by atoms with van der Waals surface area (Å²) in [6.45, 7) is 2.82. The van der Waals surface area contributed by atoms with Crippen molar-refractivity contribution in [3.63, 3.8) is 0 Å². The lowest BCUT2D eigenvalue weighted by atomic mass is 10.1. The van der Waals surface area contributed by atoms with Crippen molar-refractivity contribution >= 4 is 6.29 Å². The van der Waals surface area contributed by atoms with Crippen molar-refractivity contribution in [2.75, 3.05) is 7.11 Å². The van der Waals surface area contributed by atoms with Crippen molar-refractivity contribution in [1.82, 2.24) is 9.78 Å². The Morgan fingerprint density at radius 1 is 1.41 bits per heavy atom. The summed E-state index contributed by atoms with van der Waals surface area (Å²) in [6, 6.07) is 7.47. The SMILES string of the molecule is CCn1nccc1-c1ccc(OC)c(C=O)c1. The molecule has 0 atom stereocenters. The van der Waals surface area contributed by atoms with Crippen LogP contribution < -0.4 is 4.74 Å². The highest BCUT2D eigenvalue weighted by molar-refractivity contribution is 5.82. The molecule has 4 heteroatoms. The van der Waals surface area contributed by atoms with Gasteiger partial charge < -0.3 is 4.74 Å². The molecule has 1 aromatic heterocycles. The minimum Gasteiger partial charge on any atom is -0.496 e. The fourth-order valence-electron chi connectivity index (χ4n) is 1.82. The number of aromatic nitrogens is 2. The molecule has 1 heterocycles. The smallest absolute Gasteiger partial charge is 0.153 e.